The molecule has 1 aromatic carbocycles. The first kappa shape index (κ1) is 11.4. The Labute approximate surface area is 91.5 Å². The molecule has 0 aromatic heterocycles. The van der Waals surface area contributed by atoms with Gasteiger partial charge in [-0.3, -0.25) is 0 Å². The van der Waals surface area contributed by atoms with E-state index in [9.17, 15) is 0 Å². The van der Waals surface area contributed by atoms with Gasteiger partial charge in [-0.1, -0.05) is 25.4 Å². The fourth-order valence-electron chi connectivity index (χ4n) is 1.41. The minimum absolute atomic E-state index is 0.455. The smallest absolute Gasteiger partial charge is 0.0442 e. The van der Waals surface area contributed by atoms with Gasteiger partial charge in [0.15, 0.2) is 0 Å². The number of rotatable bonds is 3. The monoisotopic (exact) mass is 211 g/mol. The highest BCUT2D eigenvalue weighted by Crippen LogP contribution is 2.27. The van der Waals surface area contributed by atoms with Gasteiger partial charge in [-0.2, -0.15) is 0 Å². The summed E-state index contributed by atoms with van der Waals surface area (Å²) < 4.78 is 0. The molecule has 0 radical (unpaired) electrons. The highest BCUT2D eigenvalue weighted by atomic mass is 35.5. The van der Waals surface area contributed by atoms with Gasteiger partial charge in [-0.15, -0.1) is 0 Å². The van der Waals surface area contributed by atoms with E-state index >= 15 is 0 Å². The van der Waals surface area contributed by atoms with Crippen molar-refractivity contribution in [2.75, 3.05) is 5.32 Å². The van der Waals surface area contributed by atoms with E-state index in [2.05, 4.69) is 39.1 Å². The highest BCUT2D eigenvalue weighted by molar-refractivity contribution is 6.31. The van der Waals surface area contributed by atoms with Gasteiger partial charge in [-0.25, -0.2) is 0 Å². The highest BCUT2D eigenvalue weighted by Gasteiger charge is 2.06. The van der Waals surface area contributed by atoms with Crippen molar-refractivity contribution < 1.29 is 0 Å². The summed E-state index contributed by atoms with van der Waals surface area (Å²) in [5, 5.41) is 4.22. The summed E-state index contributed by atoms with van der Waals surface area (Å²) in [5.41, 5.74) is 2.35. The maximum Gasteiger partial charge on any atom is 0.0442 e. The Balaban J connectivity index is 2.94. The number of halogens is 1. The summed E-state index contributed by atoms with van der Waals surface area (Å²) >= 11 is 6.10. The normalized spacial score (nSPS) is 11.1. The minimum Gasteiger partial charge on any atom is -0.383 e. The molecule has 1 nitrogen and oxygen atoms in total. The van der Waals surface area contributed by atoms with Crippen molar-refractivity contribution in [2.45, 2.75) is 39.7 Å². The Kier molecular flexibility index (Phi) is 3.82. The van der Waals surface area contributed by atoms with Gasteiger partial charge >= 0.3 is 0 Å². The van der Waals surface area contributed by atoms with Crippen LogP contribution < -0.4 is 5.32 Å². The fraction of sp³-hybridized carbons (Fsp3) is 0.500. The van der Waals surface area contributed by atoms with E-state index in [-0.39, 0.29) is 0 Å². The van der Waals surface area contributed by atoms with Gasteiger partial charge in [-0.05, 0) is 43.5 Å². The van der Waals surface area contributed by atoms with E-state index in [0.717, 1.165) is 10.7 Å². The molecule has 0 bridgehead atoms. The molecule has 14 heavy (non-hydrogen) atoms. The molecule has 0 unspecified atom stereocenters. The lowest BCUT2D eigenvalue weighted by molar-refractivity contribution is 0.861. The van der Waals surface area contributed by atoms with Crippen LogP contribution in [0.15, 0.2) is 18.2 Å². The van der Waals surface area contributed by atoms with Crippen molar-refractivity contribution in [3.05, 3.63) is 28.8 Å². The van der Waals surface area contributed by atoms with Crippen LogP contribution in [0.25, 0.3) is 0 Å². The van der Waals surface area contributed by atoms with Crippen molar-refractivity contribution in [3.63, 3.8) is 0 Å². The molecule has 0 fully saturated rings. The van der Waals surface area contributed by atoms with Crippen molar-refractivity contribution in [1.29, 1.82) is 0 Å². The van der Waals surface area contributed by atoms with E-state index in [1.807, 2.05) is 12.1 Å². The summed E-state index contributed by atoms with van der Waals surface area (Å²) in [6.07, 6.45) is 0. The third-order valence-electron chi connectivity index (χ3n) is 2.07. The van der Waals surface area contributed by atoms with E-state index in [1.165, 1.54) is 5.56 Å². The Bertz CT molecular complexity index is 305. The quantitative estimate of drug-likeness (QED) is 0.787. The lowest BCUT2D eigenvalue weighted by Gasteiger charge is -2.14. The fourth-order valence-corrected chi connectivity index (χ4v) is 1.75. The second kappa shape index (κ2) is 4.70. The standard InChI is InChI=1S/C12H18ClN/c1-8(2)11-7-10(14-9(3)4)5-6-12(11)13/h5-9,14H,1-4H3. The molecule has 0 saturated heterocycles. The third-order valence-corrected chi connectivity index (χ3v) is 2.42. The molecule has 78 valence electrons. The van der Waals surface area contributed by atoms with Crippen LogP contribution in [0.3, 0.4) is 0 Å². The first-order chi connectivity index (χ1) is 6.50. The zero-order chi connectivity index (χ0) is 10.7. The topological polar surface area (TPSA) is 12.0 Å². The van der Waals surface area contributed by atoms with Gasteiger partial charge < -0.3 is 5.32 Å². The van der Waals surface area contributed by atoms with Crippen LogP contribution in [0, 0.1) is 0 Å². The zero-order valence-corrected chi connectivity index (χ0v) is 10.0. The molecule has 0 heterocycles. The number of benzene rings is 1. The second-order valence-corrected chi connectivity index (χ2v) is 4.60. The maximum atomic E-state index is 6.10. The molecule has 0 saturated carbocycles. The average Bonchev–Trinajstić information content (AvgIpc) is 2.07. The third kappa shape index (κ3) is 2.91. The van der Waals surface area contributed by atoms with Gasteiger partial charge in [0, 0.05) is 16.8 Å². The predicted molar refractivity (Wildman–Crippen MR) is 64.3 cm³/mol. The largest absolute Gasteiger partial charge is 0.383 e. The van der Waals surface area contributed by atoms with E-state index < -0.39 is 0 Å². The van der Waals surface area contributed by atoms with Crippen LogP contribution in [0.5, 0.6) is 0 Å². The maximum absolute atomic E-state index is 6.10. The summed E-state index contributed by atoms with van der Waals surface area (Å²) in [7, 11) is 0. The summed E-state index contributed by atoms with van der Waals surface area (Å²) in [5.74, 6) is 0.469. The first-order valence-corrected chi connectivity index (χ1v) is 5.44. The molecule has 0 aliphatic heterocycles. The zero-order valence-electron chi connectivity index (χ0n) is 9.26. The Morgan fingerprint density at radius 2 is 1.79 bits per heavy atom. The lowest BCUT2D eigenvalue weighted by atomic mass is 10.0. The molecule has 1 rings (SSSR count). The summed E-state index contributed by atoms with van der Waals surface area (Å²) in [6, 6.07) is 6.57. The number of hydrogen-bond acceptors (Lipinski definition) is 1. The molecule has 0 aliphatic rings. The van der Waals surface area contributed by atoms with Crippen LogP contribution in [0.1, 0.15) is 39.2 Å². The van der Waals surface area contributed by atoms with Crippen molar-refractivity contribution >= 4 is 17.3 Å². The van der Waals surface area contributed by atoms with Gasteiger partial charge in [0.1, 0.15) is 0 Å². The minimum atomic E-state index is 0.455. The molecule has 1 aromatic rings. The summed E-state index contributed by atoms with van der Waals surface area (Å²) in [6.45, 7) is 8.56. The molecule has 0 atom stereocenters. The molecule has 0 aliphatic carbocycles. The SMILES string of the molecule is CC(C)Nc1ccc(Cl)c(C(C)C)c1. The Hall–Kier alpha value is -0.690. The van der Waals surface area contributed by atoms with E-state index in [0.29, 0.717) is 12.0 Å². The molecular weight excluding hydrogens is 194 g/mol. The average molecular weight is 212 g/mol. The molecule has 0 amide bonds. The van der Waals surface area contributed by atoms with Crippen molar-refractivity contribution in [3.8, 4) is 0 Å². The van der Waals surface area contributed by atoms with Gasteiger partial charge in [0.25, 0.3) is 0 Å². The van der Waals surface area contributed by atoms with Crippen LogP contribution >= 0.6 is 11.6 Å². The van der Waals surface area contributed by atoms with Crippen molar-refractivity contribution in [1.82, 2.24) is 0 Å². The van der Waals surface area contributed by atoms with Gasteiger partial charge in [0.2, 0.25) is 0 Å². The van der Waals surface area contributed by atoms with Crippen molar-refractivity contribution in [2.24, 2.45) is 0 Å². The van der Waals surface area contributed by atoms with Crippen LogP contribution in [0.4, 0.5) is 5.69 Å². The van der Waals surface area contributed by atoms with Crippen LogP contribution in [-0.4, -0.2) is 6.04 Å². The second-order valence-electron chi connectivity index (χ2n) is 4.19. The predicted octanol–water partition coefficient (Wildman–Crippen LogP) is 4.28. The molecular formula is C12H18ClN. The lowest BCUT2D eigenvalue weighted by Crippen LogP contribution is -2.09. The number of anilines is 1. The molecule has 1 N–H and O–H groups in total. The van der Waals surface area contributed by atoms with E-state index in [1.54, 1.807) is 0 Å². The molecule has 0 spiro atoms. The molecule has 2 heteroatoms. The van der Waals surface area contributed by atoms with Crippen LogP contribution in [-0.2, 0) is 0 Å². The first-order valence-electron chi connectivity index (χ1n) is 5.06. The Morgan fingerprint density at radius 3 is 2.29 bits per heavy atom. The van der Waals surface area contributed by atoms with Crippen LogP contribution in [0.2, 0.25) is 5.02 Å². The van der Waals surface area contributed by atoms with Gasteiger partial charge in [0.05, 0.1) is 0 Å². The summed E-state index contributed by atoms with van der Waals surface area (Å²) in [4.78, 5) is 0. The number of nitrogens with one attached hydrogen (secondary N) is 1. The Morgan fingerprint density at radius 1 is 1.14 bits per heavy atom. The van der Waals surface area contributed by atoms with E-state index in [4.69, 9.17) is 11.6 Å². The number of hydrogen-bond donors (Lipinski definition) is 1.